The number of nitrogens with zero attached hydrogens (tertiary/aromatic N) is 4. The zero-order valence-corrected chi connectivity index (χ0v) is 18.2. The number of anilines is 1. The molecule has 0 aromatic carbocycles. The number of rotatable bonds is 5. The van der Waals surface area contributed by atoms with Gasteiger partial charge in [0.05, 0.1) is 24.5 Å². The van der Waals surface area contributed by atoms with Crippen LogP contribution in [0.15, 0.2) is 41.5 Å². The highest BCUT2D eigenvalue weighted by Gasteiger charge is 2.40. The maximum Gasteiger partial charge on any atom is 0.408 e. The van der Waals surface area contributed by atoms with E-state index in [2.05, 4.69) is 9.97 Å². The fourth-order valence-electron chi connectivity index (χ4n) is 3.78. The number of aromatic nitrogens is 3. The minimum absolute atomic E-state index is 0.0458. The second kappa shape index (κ2) is 9.06. The maximum absolute atomic E-state index is 14.6. The predicted molar refractivity (Wildman–Crippen MR) is 116 cm³/mol. The molecule has 1 saturated heterocycles. The van der Waals surface area contributed by atoms with Crippen molar-refractivity contribution in [1.82, 2.24) is 19.9 Å². The monoisotopic (exact) mass is 493 g/mol. The van der Waals surface area contributed by atoms with Crippen molar-refractivity contribution in [2.45, 2.75) is 38.1 Å². The summed E-state index contributed by atoms with van der Waals surface area (Å²) >= 11 is 0. The molecule has 3 aromatic heterocycles. The van der Waals surface area contributed by atoms with Gasteiger partial charge in [-0.1, -0.05) is 6.92 Å². The average Bonchev–Trinajstić information content (AvgIpc) is 3.15. The number of alkyl halides is 3. The zero-order valence-electron chi connectivity index (χ0n) is 18.2. The fraction of sp³-hybridized carbons (Fsp3) is 0.318. The minimum atomic E-state index is -4.74. The Balaban J connectivity index is 1.91. The number of hydrogen-bond acceptors (Lipinski definition) is 6. The number of carbonyl (C=O) groups excluding carboxylic acids is 2. The lowest BCUT2D eigenvalue weighted by Crippen LogP contribution is -2.46. The summed E-state index contributed by atoms with van der Waals surface area (Å²) in [6.45, 7) is 1.18. The Labute approximate surface area is 195 Å². The molecule has 2 atom stereocenters. The van der Waals surface area contributed by atoms with Gasteiger partial charge in [-0.05, 0) is 30.7 Å². The molecule has 4 heterocycles. The van der Waals surface area contributed by atoms with Gasteiger partial charge in [-0.25, -0.2) is 14.4 Å². The van der Waals surface area contributed by atoms with Crippen LogP contribution in [0.25, 0.3) is 16.9 Å². The maximum atomic E-state index is 14.6. The molecule has 0 unspecified atom stereocenters. The standard InChI is InChI=1S/C22H19F4N5O4/c1-2-15(22(24,25)26)28-21(35)13-10-31(20-14(23)4-3-7-27-20)19-12(18(13)34)5-6-16(29-19)30-9-11(32)8-17(30)33/h3-7,10-11,15,32H,2,8-9H2,1H3,(H,28,35)/t11-,15+/m0/s1. The lowest BCUT2D eigenvalue weighted by atomic mass is 10.1. The van der Waals surface area contributed by atoms with Gasteiger partial charge in [-0.15, -0.1) is 0 Å². The fourth-order valence-corrected chi connectivity index (χ4v) is 3.78. The van der Waals surface area contributed by atoms with Gasteiger partial charge >= 0.3 is 6.18 Å². The quantitative estimate of drug-likeness (QED) is 0.526. The molecule has 13 heteroatoms. The summed E-state index contributed by atoms with van der Waals surface area (Å²) in [6.07, 6.45) is -4.14. The third-order valence-electron chi connectivity index (χ3n) is 5.54. The minimum Gasteiger partial charge on any atom is -0.391 e. The highest BCUT2D eigenvalue weighted by molar-refractivity contribution is 5.99. The molecular weight excluding hydrogens is 474 g/mol. The third-order valence-corrected chi connectivity index (χ3v) is 5.54. The normalized spacial score (nSPS) is 17.1. The van der Waals surface area contributed by atoms with E-state index in [4.69, 9.17) is 0 Å². The summed E-state index contributed by atoms with van der Waals surface area (Å²) in [6, 6.07) is 2.69. The molecule has 2 N–H and O–H groups in total. The summed E-state index contributed by atoms with van der Waals surface area (Å²) in [5.74, 6) is -2.88. The third kappa shape index (κ3) is 4.58. The van der Waals surface area contributed by atoms with Crippen molar-refractivity contribution < 1.29 is 32.3 Å². The van der Waals surface area contributed by atoms with E-state index in [0.29, 0.717) is 0 Å². The number of β-amino-alcohol motifs (C(OH)–C–C–N with tert-alkyl or cyclic N) is 1. The first-order chi connectivity index (χ1) is 16.5. The van der Waals surface area contributed by atoms with Crippen LogP contribution < -0.4 is 15.6 Å². The lowest BCUT2D eigenvalue weighted by molar-refractivity contribution is -0.153. The largest absolute Gasteiger partial charge is 0.408 e. The van der Waals surface area contributed by atoms with E-state index in [9.17, 15) is 37.1 Å². The molecule has 0 bridgehead atoms. The van der Waals surface area contributed by atoms with Crippen LogP contribution in [0, 0.1) is 5.82 Å². The second-order valence-corrected chi connectivity index (χ2v) is 7.93. The summed E-state index contributed by atoms with van der Waals surface area (Å²) in [5, 5.41) is 11.4. The van der Waals surface area contributed by atoms with Gasteiger partial charge in [-0.2, -0.15) is 13.2 Å². The van der Waals surface area contributed by atoms with Crippen molar-refractivity contribution in [3.8, 4) is 5.82 Å². The Morgan fingerprint density at radius 2 is 2.03 bits per heavy atom. The molecule has 0 spiro atoms. The number of carbonyl (C=O) groups is 2. The van der Waals surface area contributed by atoms with E-state index < -0.39 is 53.4 Å². The van der Waals surface area contributed by atoms with Crippen molar-refractivity contribution in [2.24, 2.45) is 0 Å². The van der Waals surface area contributed by atoms with Crippen molar-refractivity contribution in [3.05, 3.63) is 58.3 Å². The predicted octanol–water partition coefficient (Wildman–Crippen LogP) is 2.09. The molecule has 35 heavy (non-hydrogen) atoms. The Bertz CT molecular complexity index is 1370. The molecule has 4 rings (SSSR count). The Kier molecular flexibility index (Phi) is 6.28. The van der Waals surface area contributed by atoms with Crippen LogP contribution in [0.4, 0.5) is 23.4 Å². The van der Waals surface area contributed by atoms with E-state index in [1.807, 2.05) is 0 Å². The first kappa shape index (κ1) is 24.3. The van der Waals surface area contributed by atoms with Crippen LogP contribution >= 0.6 is 0 Å². The molecule has 1 fully saturated rings. The number of hydrogen-bond donors (Lipinski definition) is 2. The lowest BCUT2D eigenvalue weighted by Gasteiger charge is -2.21. The first-order valence-corrected chi connectivity index (χ1v) is 10.5. The van der Waals surface area contributed by atoms with Gasteiger partial charge in [0.15, 0.2) is 17.3 Å². The number of amides is 2. The Hall–Kier alpha value is -3.87. The molecular formula is C22H19F4N5O4. The molecule has 184 valence electrons. The zero-order chi connectivity index (χ0) is 25.5. The number of halogens is 4. The molecule has 9 nitrogen and oxygen atoms in total. The van der Waals surface area contributed by atoms with Crippen LogP contribution in [0.1, 0.15) is 30.1 Å². The first-order valence-electron chi connectivity index (χ1n) is 10.5. The number of aliphatic hydroxyl groups is 1. The highest BCUT2D eigenvalue weighted by atomic mass is 19.4. The van der Waals surface area contributed by atoms with Crippen LogP contribution in [-0.4, -0.2) is 56.3 Å². The van der Waals surface area contributed by atoms with Gasteiger partial charge in [-0.3, -0.25) is 23.9 Å². The Morgan fingerprint density at radius 3 is 2.63 bits per heavy atom. The van der Waals surface area contributed by atoms with Gasteiger partial charge in [0.25, 0.3) is 5.91 Å². The SMILES string of the molecule is CC[C@@H](NC(=O)c1cn(-c2ncccc2F)c2nc(N3C[C@@H](O)CC3=O)ccc2c1=O)C(F)(F)F. The molecule has 0 saturated carbocycles. The molecule has 0 aliphatic carbocycles. The molecule has 1 aliphatic heterocycles. The number of pyridine rings is 3. The smallest absolute Gasteiger partial charge is 0.391 e. The van der Waals surface area contributed by atoms with Gasteiger partial charge in [0.1, 0.15) is 17.4 Å². The van der Waals surface area contributed by atoms with E-state index in [1.165, 1.54) is 36.2 Å². The topological polar surface area (TPSA) is 117 Å². The number of fused-ring (bicyclic) bond motifs is 1. The van der Waals surface area contributed by atoms with Gasteiger partial charge in [0, 0.05) is 12.4 Å². The van der Waals surface area contributed by atoms with E-state index >= 15 is 0 Å². The molecule has 3 aromatic rings. The van der Waals surface area contributed by atoms with Crippen molar-refractivity contribution in [2.75, 3.05) is 11.4 Å². The van der Waals surface area contributed by atoms with Crippen molar-refractivity contribution in [1.29, 1.82) is 0 Å². The average molecular weight is 493 g/mol. The van der Waals surface area contributed by atoms with E-state index in [0.717, 1.165) is 16.8 Å². The van der Waals surface area contributed by atoms with Gasteiger partial charge < -0.3 is 10.4 Å². The molecule has 2 amide bonds. The number of aliphatic hydroxyl groups excluding tert-OH is 1. The van der Waals surface area contributed by atoms with E-state index in [-0.39, 0.29) is 35.6 Å². The highest BCUT2D eigenvalue weighted by Crippen LogP contribution is 2.25. The van der Waals surface area contributed by atoms with Crippen LogP contribution in [0.3, 0.4) is 0 Å². The second-order valence-electron chi connectivity index (χ2n) is 7.93. The summed E-state index contributed by atoms with van der Waals surface area (Å²) < 4.78 is 55.1. The molecule has 0 radical (unpaired) electrons. The van der Waals surface area contributed by atoms with Crippen molar-refractivity contribution in [3.63, 3.8) is 0 Å². The van der Waals surface area contributed by atoms with Crippen LogP contribution in [0.2, 0.25) is 0 Å². The van der Waals surface area contributed by atoms with Crippen LogP contribution in [-0.2, 0) is 4.79 Å². The van der Waals surface area contributed by atoms with Crippen LogP contribution in [0.5, 0.6) is 0 Å². The summed E-state index contributed by atoms with van der Waals surface area (Å²) in [5.41, 5.74) is -1.79. The Morgan fingerprint density at radius 1 is 1.29 bits per heavy atom. The molecule has 1 aliphatic rings. The van der Waals surface area contributed by atoms with Gasteiger partial charge in [0.2, 0.25) is 11.3 Å². The number of nitrogens with one attached hydrogen (secondary N) is 1. The summed E-state index contributed by atoms with van der Waals surface area (Å²) in [4.78, 5) is 47.4. The van der Waals surface area contributed by atoms with E-state index in [1.54, 1.807) is 5.32 Å². The van der Waals surface area contributed by atoms with Crippen molar-refractivity contribution >= 4 is 28.7 Å². The summed E-state index contributed by atoms with van der Waals surface area (Å²) in [7, 11) is 0.